The van der Waals surface area contributed by atoms with E-state index in [1.54, 1.807) is 11.8 Å². The Morgan fingerprint density at radius 2 is 2.00 bits per heavy atom. The molecular formula is C12H17NO3S. The first-order valence-corrected chi connectivity index (χ1v) is 6.50. The Kier molecular flexibility index (Phi) is 5.44. The highest BCUT2D eigenvalue weighted by Gasteiger charge is 2.23. The molecule has 0 aliphatic rings. The van der Waals surface area contributed by atoms with Gasteiger partial charge in [0.2, 0.25) is 6.04 Å². The van der Waals surface area contributed by atoms with Gasteiger partial charge in [-0.05, 0) is 25.5 Å². The molecule has 0 aliphatic carbocycles. The second-order valence-electron chi connectivity index (χ2n) is 4.04. The van der Waals surface area contributed by atoms with E-state index in [1.807, 2.05) is 31.2 Å². The molecule has 1 N–H and O–H groups in total. The molecule has 5 heteroatoms. The highest BCUT2D eigenvalue weighted by molar-refractivity contribution is 7.99. The molecule has 0 aliphatic heterocycles. The average molecular weight is 255 g/mol. The second-order valence-corrected chi connectivity index (χ2v) is 5.21. The standard InChI is InChI=1S/C12H17NO3S/c1-9-3-5-11(6-4-9)17-8-7-12(14)10(2)13(15)16/h3-6,10,12,14H,7-8H2,1-2H3. The van der Waals surface area contributed by atoms with Crippen molar-refractivity contribution in [3.05, 3.63) is 39.9 Å². The van der Waals surface area contributed by atoms with E-state index in [2.05, 4.69) is 0 Å². The zero-order chi connectivity index (χ0) is 12.8. The van der Waals surface area contributed by atoms with E-state index in [1.165, 1.54) is 12.5 Å². The molecule has 1 aromatic carbocycles. The van der Waals surface area contributed by atoms with Crippen LogP contribution in [0.2, 0.25) is 0 Å². The minimum Gasteiger partial charge on any atom is -0.386 e. The first kappa shape index (κ1) is 14.0. The van der Waals surface area contributed by atoms with Crippen LogP contribution in [-0.4, -0.2) is 27.9 Å². The number of aryl methyl sites for hydroxylation is 1. The number of aliphatic hydroxyl groups excluding tert-OH is 1. The van der Waals surface area contributed by atoms with Crippen LogP contribution >= 0.6 is 11.8 Å². The van der Waals surface area contributed by atoms with Crippen LogP contribution in [0.1, 0.15) is 18.9 Å². The molecule has 0 radical (unpaired) electrons. The molecule has 0 saturated heterocycles. The van der Waals surface area contributed by atoms with Crippen LogP contribution in [0.4, 0.5) is 0 Å². The quantitative estimate of drug-likeness (QED) is 0.482. The molecule has 0 aromatic heterocycles. The van der Waals surface area contributed by atoms with Gasteiger partial charge in [0.1, 0.15) is 6.10 Å². The van der Waals surface area contributed by atoms with Gasteiger partial charge in [0.25, 0.3) is 0 Å². The van der Waals surface area contributed by atoms with Gasteiger partial charge < -0.3 is 5.11 Å². The lowest BCUT2D eigenvalue weighted by Crippen LogP contribution is -2.30. The van der Waals surface area contributed by atoms with Crippen molar-refractivity contribution in [3.8, 4) is 0 Å². The van der Waals surface area contributed by atoms with Crippen molar-refractivity contribution >= 4 is 11.8 Å². The van der Waals surface area contributed by atoms with Crippen molar-refractivity contribution in [2.45, 2.75) is 37.3 Å². The van der Waals surface area contributed by atoms with E-state index in [-0.39, 0.29) is 0 Å². The monoisotopic (exact) mass is 255 g/mol. The highest BCUT2D eigenvalue weighted by Crippen LogP contribution is 2.20. The maximum atomic E-state index is 10.5. The van der Waals surface area contributed by atoms with Gasteiger partial charge in [-0.1, -0.05) is 17.7 Å². The first-order chi connectivity index (χ1) is 8.00. The lowest BCUT2D eigenvalue weighted by Gasteiger charge is -2.11. The Labute approximate surface area is 105 Å². The average Bonchev–Trinajstić information content (AvgIpc) is 2.30. The summed E-state index contributed by atoms with van der Waals surface area (Å²) in [5, 5.41) is 20.0. The van der Waals surface area contributed by atoms with E-state index in [9.17, 15) is 15.2 Å². The minimum absolute atomic E-state index is 0.431. The molecule has 4 nitrogen and oxygen atoms in total. The lowest BCUT2D eigenvalue weighted by atomic mass is 10.1. The molecule has 0 fully saturated rings. The van der Waals surface area contributed by atoms with Crippen LogP contribution in [0.5, 0.6) is 0 Å². The first-order valence-electron chi connectivity index (χ1n) is 5.51. The van der Waals surface area contributed by atoms with Crippen molar-refractivity contribution in [1.29, 1.82) is 0 Å². The smallest absolute Gasteiger partial charge is 0.235 e. The third-order valence-corrected chi connectivity index (χ3v) is 3.64. The number of nitro groups is 1. The third kappa shape index (κ3) is 4.75. The fraction of sp³-hybridized carbons (Fsp3) is 0.500. The summed E-state index contributed by atoms with van der Waals surface area (Å²) in [6.07, 6.45) is -0.441. The van der Waals surface area contributed by atoms with Crippen LogP contribution in [0.3, 0.4) is 0 Å². The van der Waals surface area contributed by atoms with Crippen molar-refractivity contribution in [3.63, 3.8) is 0 Å². The third-order valence-electron chi connectivity index (χ3n) is 2.59. The highest BCUT2D eigenvalue weighted by atomic mass is 32.2. The van der Waals surface area contributed by atoms with Gasteiger partial charge in [-0.3, -0.25) is 10.1 Å². The van der Waals surface area contributed by atoms with Gasteiger partial charge in [-0.25, -0.2) is 0 Å². The molecule has 0 spiro atoms. The number of rotatable bonds is 6. The van der Waals surface area contributed by atoms with Crippen molar-refractivity contribution < 1.29 is 10.0 Å². The number of aliphatic hydroxyl groups is 1. The van der Waals surface area contributed by atoms with E-state index < -0.39 is 17.1 Å². The molecule has 1 rings (SSSR count). The van der Waals surface area contributed by atoms with Gasteiger partial charge >= 0.3 is 0 Å². The Bertz CT molecular complexity index is 367. The van der Waals surface area contributed by atoms with E-state index in [0.29, 0.717) is 12.2 Å². The van der Waals surface area contributed by atoms with Gasteiger partial charge in [0.05, 0.1) is 0 Å². The molecule has 1 aromatic rings. The zero-order valence-electron chi connectivity index (χ0n) is 10.00. The normalized spacial score (nSPS) is 14.3. The molecule has 0 saturated carbocycles. The summed E-state index contributed by atoms with van der Waals surface area (Å²) < 4.78 is 0. The summed E-state index contributed by atoms with van der Waals surface area (Å²) in [4.78, 5) is 11.1. The minimum atomic E-state index is -0.895. The molecule has 2 atom stereocenters. The van der Waals surface area contributed by atoms with Crippen LogP contribution in [0, 0.1) is 17.0 Å². The largest absolute Gasteiger partial charge is 0.386 e. The van der Waals surface area contributed by atoms with Crippen LogP contribution in [0.25, 0.3) is 0 Å². The SMILES string of the molecule is Cc1ccc(SCCC(O)C(C)[N+](=O)[O-])cc1. The molecule has 0 bridgehead atoms. The number of benzene rings is 1. The summed E-state index contributed by atoms with van der Waals surface area (Å²) in [6.45, 7) is 3.46. The summed E-state index contributed by atoms with van der Waals surface area (Å²) in [5.41, 5.74) is 1.20. The predicted molar refractivity (Wildman–Crippen MR) is 69.0 cm³/mol. The summed E-state index contributed by atoms with van der Waals surface area (Å²) in [5.74, 6) is 0.683. The van der Waals surface area contributed by atoms with Gasteiger partial charge in [-0.2, -0.15) is 0 Å². The maximum absolute atomic E-state index is 10.5. The Morgan fingerprint density at radius 1 is 1.41 bits per heavy atom. The van der Waals surface area contributed by atoms with Crippen molar-refractivity contribution in [2.24, 2.45) is 0 Å². The van der Waals surface area contributed by atoms with Crippen LogP contribution in [0.15, 0.2) is 29.2 Å². The molecular weight excluding hydrogens is 238 g/mol. The molecule has 0 heterocycles. The van der Waals surface area contributed by atoms with E-state index in [4.69, 9.17) is 0 Å². The van der Waals surface area contributed by atoms with Crippen molar-refractivity contribution in [1.82, 2.24) is 0 Å². The van der Waals surface area contributed by atoms with Gasteiger partial charge in [0, 0.05) is 22.5 Å². The molecule has 17 heavy (non-hydrogen) atoms. The topological polar surface area (TPSA) is 63.4 Å². The number of hydrogen-bond acceptors (Lipinski definition) is 4. The maximum Gasteiger partial charge on any atom is 0.235 e. The fourth-order valence-electron chi connectivity index (χ4n) is 1.31. The van der Waals surface area contributed by atoms with Gasteiger partial charge in [0.15, 0.2) is 0 Å². The molecule has 2 unspecified atom stereocenters. The number of nitrogens with zero attached hydrogens (tertiary/aromatic N) is 1. The number of thioether (sulfide) groups is 1. The Hall–Kier alpha value is -1.07. The summed E-state index contributed by atoms with van der Waals surface area (Å²) in [7, 11) is 0. The fourth-order valence-corrected chi connectivity index (χ4v) is 2.24. The second kappa shape index (κ2) is 6.61. The van der Waals surface area contributed by atoms with Crippen LogP contribution in [-0.2, 0) is 0 Å². The summed E-state index contributed by atoms with van der Waals surface area (Å²) >= 11 is 1.60. The Balaban J connectivity index is 2.32. The predicted octanol–water partition coefficient (Wildman–Crippen LogP) is 2.50. The Morgan fingerprint density at radius 3 is 2.53 bits per heavy atom. The van der Waals surface area contributed by atoms with E-state index >= 15 is 0 Å². The van der Waals surface area contributed by atoms with Crippen molar-refractivity contribution in [2.75, 3.05) is 5.75 Å². The van der Waals surface area contributed by atoms with Gasteiger partial charge in [-0.15, -0.1) is 11.8 Å². The lowest BCUT2D eigenvalue weighted by molar-refractivity contribution is -0.529. The molecule has 0 amide bonds. The zero-order valence-corrected chi connectivity index (χ0v) is 10.8. The summed E-state index contributed by atoms with van der Waals surface area (Å²) in [6, 6.07) is 7.19. The van der Waals surface area contributed by atoms with E-state index in [0.717, 1.165) is 4.90 Å². The molecule has 94 valence electrons. The number of hydrogen-bond donors (Lipinski definition) is 1. The van der Waals surface area contributed by atoms with Crippen LogP contribution < -0.4 is 0 Å².